The molecule has 0 bridgehead atoms. The van der Waals surface area contributed by atoms with Gasteiger partial charge in [0.05, 0.1) is 38.8 Å². The van der Waals surface area contributed by atoms with Crippen LogP contribution in [0.1, 0.15) is 0 Å². The highest BCUT2D eigenvalue weighted by atomic mass is 15.2. The van der Waals surface area contributed by atoms with E-state index >= 15 is 0 Å². The molecule has 0 spiro atoms. The minimum atomic E-state index is 1.13. The van der Waals surface area contributed by atoms with E-state index in [4.69, 9.17) is 0 Å². The number of para-hydroxylation sites is 4. The molecule has 0 unspecified atom stereocenters. The van der Waals surface area contributed by atoms with E-state index in [1.165, 1.54) is 97.7 Å². The molecule has 13 rings (SSSR count). The first-order chi connectivity index (χ1) is 26.3. The molecule has 0 atom stereocenters. The van der Waals surface area contributed by atoms with E-state index < -0.39 is 0 Å². The van der Waals surface area contributed by atoms with E-state index in [0.29, 0.717) is 0 Å². The summed E-state index contributed by atoms with van der Waals surface area (Å²) in [5.74, 6) is 0. The van der Waals surface area contributed by atoms with Gasteiger partial charge in [-0.3, -0.25) is 0 Å². The van der Waals surface area contributed by atoms with Gasteiger partial charge in [0, 0.05) is 54.5 Å². The molecule has 0 saturated carbocycles. The monoisotopic (exact) mass is 671 g/mol. The summed E-state index contributed by atoms with van der Waals surface area (Å²) in [6.45, 7) is 0. The van der Waals surface area contributed by atoms with Crippen molar-refractivity contribution in [2.24, 2.45) is 0 Å². The Labute approximate surface area is 303 Å². The first kappa shape index (κ1) is 27.6. The highest BCUT2D eigenvalue weighted by Crippen LogP contribution is 2.51. The molecule has 3 nitrogen and oxygen atoms in total. The van der Waals surface area contributed by atoms with Crippen LogP contribution >= 0.6 is 0 Å². The second-order valence-corrected chi connectivity index (χ2v) is 14.5. The summed E-state index contributed by atoms with van der Waals surface area (Å²) >= 11 is 0. The maximum absolute atomic E-state index is 2.58. The molecule has 244 valence electrons. The summed E-state index contributed by atoms with van der Waals surface area (Å²) in [5.41, 5.74) is 11.0. The molecule has 4 heterocycles. The zero-order valence-electron chi connectivity index (χ0n) is 28.6. The quantitative estimate of drug-likeness (QED) is 0.182. The topological polar surface area (TPSA) is 12.1 Å². The molecule has 4 aromatic heterocycles. The van der Waals surface area contributed by atoms with Gasteiger partial charge in [-0.25, -0.2) is 0 Å². The van der Waals surface area contributed by atoms with Gasteiger partial charge >= 0.3 is 0 Å². The highest BCUT2D eigenvalue weighted by Gasteiger charge is 2.27. The Bertz CT molecular complexity index is 3570. The minimum absolute atomic E-state index is 1.13. The van der Waals surface area contributed by atoms with Gasteiger partial charge in [-0.15, -0.1) is 0 Å². The van der Waals surface area contributed by atoms with Gasteiger partial charge in [0.1, 0.15) is 0 Å². The van der Waals surface area contributed by atoms with E-state index in [9.17, 15) is 0 Å². The van der Waals surface area contributed by atoms with Gasteiger partial charge in [0.2, 0.25) is 0 Å². The van der Waals surface area contributed by atoms with Crippen LogP contribution in [-0.2, 0) is 0 Å². The van der Waals surface area contributed by atoms with Crippen LogP contribution < -0.4 is 4.90 Å². The Balaban J connectivity index is 1.26. The van der Waals surface area contributed by atoms with Crippen LogP contribution in [0.25, 0.3) is 97.7 Å². The summed E-state index contributed by atoms with van der Waals surface area (Å²) in [5, 5.41) is 15.5. The maximum Gasteiger partial charge on any atom is 0.0783 e. The number of anilines is 3. The zero-order chi connectivity index (χ0) is 34.4. The molecule has 0 aliphatic heterocycles. The van der Waals surface area contributed by atoms with Gasteiger partial charge in [0.15, 0.2) is 0 Å². The number of fused-ring (bicyclic) bond motifs is 16. The van der Waals surface area contributed by atoms with Gasteiger partial charge in [-0.1, -0.05) is 115 Å². The van der Waals surface area contributed by atoms with Crippen LogP contribution in [-0.4, -0.2) is 8.80 Å². The van der Waals surface area contributed by atoms with Crippen LogP contribution in [0.15, 0.2) is 176 Å². The minimum Gasteiger partial charge on any atom is -0.308 e. The molecule has 0 aliphatic rings. The standard InChI is InChI=1S/C50H29N3/c1-3-16-33(17-4-1)51(34-18-5-2-6-19-34)43-24-12-23-37-45-35-20-10-9-15-32(35)28-40-47-42(53(49(37)43)50(40)45)26-25-41-46(47)38-22-11-21-36-39-27-30-13-7-8-14-31(30)29-44(39)52(41)48(36)38/h1-29H. The third-order valence-electron chi connectivity index (χ3n) is 11.9. The van der Waals surface area contributed by atoms with Crippen LogP contribution in [0.4, 0.5) is 17.1 Å². The first-order valence-electron chi connectivity index (χ1n) is 18.4. The number of nitrogens with zero attached hydrogens (tertiary/aromatic N) is 3. The molecule has 0 aliphatic carbocycles. The summed E-state index contributed by atoms with van der Waals surface area (Å²) in [6.07, 6.45) is 0. The van der Waals surface area contributed by atoms with Gasteiger partial charge in [-0.2, -0.15) is 0 Å². The summed E-state index contributed by atoms with van der Waals surface area (Å²) in [6, 6.07) is 64.9. The van der Waals surface area contributed by atoms with Crippen molar-refractivity contribution in [2.75, 3.05) is 4.90 Å². The highest BCUT2D eigenvalue weighted by molar-refractivity contribution is 6.39. The molecule has 0 amide bonds. The molecule has 3 heteroatoms. The predicted molar refractivity (Wildman–Crippen MR) is 225 cm³/mol. The third-order valence-corrected chi connectivity index (χ3v) is 11.9. The molecule has 0 N–H and O–H groups in total. The molecular formula is C50H29N3. The van der Waals surface area contributed by atoms with Gasteiger partial charge in [-0.05, 0) is 82.2 Å². The Morgan fingerprint density at radius 1 is 0.302 bits per heavy atom. The summed E-state index contributed by atoms with van der Waals surface area (Å²) in [7, 11) is 0. The van der Waals surface area contributed by atoms with Crippen LogP contribution in [0, 0.1) is 0 Å². The van der Waals surface area contributed by atoms with Crippen LogP contribution in [0.5, 0.6) is 0 Å². The van der Waals surface area contributed by atoms with Crippen LogP contribution in [0.3, 0.4) is 0 Å². The van der Waals surface area contributed by atoms with Gasteiger partial charge in [0.25, 0.3) is 0 Å². The van der Waals surface area contributed by atoms with Crippen LogP contribution in [0.2, 0.25) is 0 Å². The Morgan fingerprint density at radius 2 is 0.849 bits per heavy atom. The van der Waals surface area contributed by atoms with Crippen molar-refractivity contribution in [1.29, 1.82) is 0 Å². The van der Waals surface area contributed by atoms with Crippen molar-refractivity contribution in [1.82, 2.24) is 8.80 Å². The Morgan fingerprint density at radius 3 is 1.60 bits per heavy atom. The van der Waals surface area contributed by atoms with E-state index in [1.54, 1.807) is 0 Å². The van der Waals surface area contributed by atoms with Gasteiger partial charge < -0.3 is 13.7 Å². The zero-order valence-corrected chi connectivity index (χ0v) is 28.6. The molecular weight excluding hydrogens is 643 g/mol. The number of rotatable bonds is 3. The first-order valence-corrected chi connectivity index (χ1v) is 18.4. The number of hydrogen-bond acceptors (Lipinski definition) is 1. The molecule has 53 heavy (non-hydrogen) atoms. The average Bonchev–Trinajstić information content (AvgIpc) is 3.94. The third kappa shape index (κ3) is 3.40. The van der Waals surface area contributed by atoms with Crippen molar-refractivity contribution in [3.8, 4) is 0 Å². The van der Waals surface area contributed by atoms with Crippen molar-refractivity contribution in [2.45, 2.75) is 0 Å². The fourth-order valence-electron chi connectivity index (χ4n) is 9.82. The normalized spacial score (nSPS) is 12.5. The SMILES string of the molecule is c1ccc(N(c2ccccc2)c2cccc3c4c5ccccc5cc5c6c7c8cccc9c%10cc%11ccccc%11cc%10n(c7ccc6n(c23)c54)c98)cc1. The van der Waals surface area contributed by atoms with Crippen molar-refractivity contribution >= 4 is 115 Å². The molecule has 13 aromatic rings. The fourth-order valence-corrected chi connectivity index (χ4v) is 9.82. The summed E-state index contributed by atoms with van der Waals surface area (Å²) in [4.78, 5) is 2.42. The summed E-state index contributed by atoms with van der Waals surface area (Å²) < 4.78 is 5.11. The smallest absolute Gasteiger partial charge is 0.0783 e. The molecule has 0 saturated heterocycles. The second kappa shape index (κ2) is 9.81. The largest absolute Gasteiger partial charge is 0.308 e. The van der Waals surface area contributed by atoms with Crippen molar-refractivity contribution < 1.29 is 0 Å². The van der Waals surface area contributed by atoms with E-state index in [-0.39, 0.29) is 0 Å². The molecule has 9 aromatic carbocycles. The lowest BCUT2D eigenvalue weighted by molar-refractivity contribution is 1.27. The average molecular weight is 672 g/mol. The predicted octanol–water partition coefficient (Wildman–Crippen LogP) is 13.8. The Kier molecular flexibility index (Phi) is 5.11. The second-order valence-electron chi connectivity index (χ2n) is 14.5. The number of benzene rings is 9. The van der Waals surface area contributed by atoms with E-state index in [1.807, 2.05) is 0 Å². The van der Waals surface area contributed by atoms with E-state index in [0.717, 1.165) is 17.1 Å². The molecule has 0 fully saturated rings. The fraction of sp³-hybridized carbons (Fsp3) is 0. The maximum atomic E-state index is 2.58. The lowest BCUT2D eigenvalue weighted by Gasteiger charge is -2.26. The Hall–Kier alpha value is -7.10. The van der Waals surface area contributed by atoms with Crippen molar-refractivity contribution in [3.05, 3.63) is 176 Å². The lowest BCUT2D eigenvalue weighted by atomic mass is 9.98. The molecule has 0 radical (unpaired) electrons. The number of aromatic nitrogens is 2. The number of hydrogen-bond donors (Lipinski definition) is 0. The lowest BCUT2D eigenvalue weighted by Crippen LogP contribution is -2.10. The van der Waals surface area contributed by atoms with E-state index in [2.05, 4.69) is 190 Å². The van der Waals surface area contributed by atoms with Crippen molar-refractivity contribution in [3.63, 3.8) is 0 Å².